The molecule has 1 aromatic carbocycles. The maximum Gasteiger partial charge on any atom is 0.0931 e. The minimum absolute atomic E-state index is 0.122. The normalized spacial score (nSPS) is 12.7. The van der Waals surface area contributed by atoms with Gasteiger partial charge in [0.05, 0.1) is 10.4 Å². The number of hydrogen-bond acceptors (Lipinski definition) is 3. The average molecular weight is 239 g/mol. The summed E-state index contributed by atoms with van der Waals surface area (Å²) in [5, 5.41) is 0. The lowest BCUT2D eigenvalue weighted by Crippen LogP contribution is -2.09. The van der Waals surface area contributed by atoms with Crippen molar-refractivity contribution in [2.24, 2.45) is 5.73 Å². The van der Waals surface area contributed by atoms with Gasteiger partial charge in [-0.1, -0.05) is 23.7 Å². The standard InChI is InChI=1S/C11H11ClN2S/c12-10-6-5-9(15-10)11(14)7-1-3-8(13)4-2-7/h1-6,11H,13-14H2. The molecule has 15 heavy (non-hydrogen) atoms. The number of benzene rings is 1. The molecular weight excluding hydrogens is 228 g/mol. The molecule has 0 saturated heterocycles. The zero-order chi connectivity index (χ0) is 10.8. The van der Waals surface area contributed by atoms with Crippen LogP contribution in [0.1, 0.15) is 16.5 Å². The molecule has 1 heterocycles. The number of hydrogen-bond donors (Lipinski definition) is 2. The molecule has 0 aliphatic rings. The third-order valence-corrected chi connectivity index (χ3v) is 3.51. The topological polar surface area (TPSA) is 52.0 Å². The SMILES string of the molecule is Nc1ccc(C(N)c2ccc(Cl)s2)cc1. The highest BCUT2D eigenvalue weighted by Gasteiger charge is 2.10. The molecule has 4 N–H and O–H groups in total. The second kappa shape index (κ2) is 4.23. The summed E-state index contributed by atoms with van der Waals surface area (Å²) in [6, 6.07) is 11.3. The van der Waals surface area contributed by atoms with Gasteiger partial charge in [-0.2, -0.15) is 0 Å². The number of nitrogen functional groups attached to an aromatic ring is 1. The molecule has 1 aromatic heterocycles. The Bertz CT molecular complexity index is 450. The third-order valence-electron chi connectivity index (χ3n) is 2.20. The van der Waals surface area contributed by atoms with Crippen molar-refractivity contribution >= 4 is 28.6 Å². The molecule has 2 aromatic rings. The van der Waals surface area contributed by atoms with Crippen molar-refractivity contribution in [3.63, 3.8) is 0 Å². The van der Waals surface area contributed by atoms with Crippen LogP contribution in [0.3, 0.4) is 0 Å². The van der Waals surface area contributed by atoms with Crippen LogP contribution in [0.5, 0.6) is 0 Å². The first-order chi connectivity index (χ1) is 7.16. The molecule has 2 nitrogen and oxygen atoms in total. The Kier molecular flexibility index (Phi) is 2.95. The van der Waals surface area contributed by atoms with E-state index in [-0.39, 0.29) is 6.04 Å². The van der Waals surface area contributed by atoms with E-state index in [1.165, 1.54) is 11.3 Å². The fourth-order valence-corrected chi connectivity index (χ4v) is 2.45. The Morgan fingerprint density at radius 3 is 2.27 bits per heavy atom. The van der Waals surface area contributed by atoms with Gasteiger partial charge in [0.2, 0.25) is 0 Å². The van der Waals surface area contributed by atoms with Crippen molar-refractivity contribution in [2.75, 3.05) is 5.73 Å². The van der Waals surface area contributed by atoms with Crippen LogP contribution in [0, 0.1) is 0 Å². The van der Waals surface area contributed by atoms with Crippen LogP contribution in [-0.2, 0) is 0 Å². The van der Waals surface area contributed by atoms with E-state index >= 15 is 0 Å². The van der Waals surface area contributed by atoms with Gasteiger partial charge in [0.1, 0.15) is 0 Å². The van der Waals surface area contributed by atoms with Crippen LogP contribution < -0.4 is 11.5 Å². The van der Waals surface area contributed by atoms with Crippen LogP contribution in [0.15, 0.2) is 36.4 Å². The second-order valence-corrected chi connectivity index (χ2v) is 5.03. The molecule has 1 unspecified atom stereocenters. The Labute approximate surface area is 97.5 Å². The van der Waals surface area contributed by atoms with Crippen LogP contribution in [0.25, 0.3) is 0 Å². The molecule has 0 amide bonds. The number of nitrogens with two attached hydrogens (primary N) is 2. The maximum absolute atomic E-state index is 6.09. The van der Waals surface area contributed by atoms with Crippen LogP contribution in [-0.4, -0.2) is 0 Å². The summed E-state index contributed by atoms with van der Waals surface area (Å²) < 4.78 is 0.760. The molecule has 0 aliphatic heterocycles. The Balaban J connectivity index is 2.28. The molecule has 78 valence electrons. The van der Waals surface area contributed by atoms with E-state index in [0.29, 0.717) is 0 Å². The van der Waals surface area contributed by atoms with Gasteiger partial charge < -0.3 is 11.5 Å². The minimum atomic E-state index is -0.122. The van der Waals surface area contributed by atoms with Crippen LogP contribution in [0.4, 0.5) is 5.69 Å². The van der Waals surface area contributed by atoms with Gasteiger partial charge in [-0.25, -0.2) is 0 Å². The van der Waals surface area contributed by atoms with E-state index in [0.717, 1.165) is 20.5 Å². The zero-order valence-electron chi connectivity index (χ0n) is 7.98. The van der Waals surface area contributed by atoms with Gasteiger partial charge in [-0.15, -0.1) is 11.3 Å². The maximum atomic E-state index is 6.09. The van der Waals surface area contributed by atoms with Crippen molar-refractivity contribution < 1.29 is 0 Å². The first kappa shape index (κ1) is 10.5. The molecule has 0 spiro atoms. The van der Waals surface area contributed by atoms with E-state index in [1.54, 1.807) is 0 Å². The molecule has 0 saturated carbocycles. The van der Waals surface area contributed by atoms with Gasteiger partial charge in [0.15, 0.2) is 0 Å². The van der Waals surface area contributed by atoms with E-state index in [4.69, 9.17) is 23.1 Å². The molecule has 0 bridgehead atoms. The van der Waals surface area contributed by atoms with Crippen LogP contribution >= 0.6 is 22.9 Å². The van der Waals surface area contributed by atoms with E-state index < -0.39 is 0 Å². The summed E-state index contributed by atoms with van der Waals surface area (Å²) in [6.07, 6.45) is 0. The molecule has 0 fully saturated rings. The highest BCUT2D eigenvalue weighted by atomic mass is 35.5. The predicted octanol–water partition coefficient (Wildman–Crippen LogP) is 3.03. The van der Waals surface area contributed by atoms with E-state index in [9.17, 15) is 0 Å². The van der Waals surface area contributed by atoms with E-state index in [2.05, 4.69) is 0 Å². The van der Waals surface area contributed by atoms with Crippen molar-refractivity contribution in [2.45, 2.75) is 6.04 Å². The highest BCUT2D eigenvalue weighted by Crippen LogP contribution is 2.29. The van der Waals surface area contributed by atoms with Crippen LogP contribution in [0.2, 0.25) is 4.34 Å². The molecular formula is C11H11ClN2S. The first-order valence-corrected chi connectivity index (χ1v) is 5.72. The Morgan fingerprint density at radius 1 is 1.07 bits per heavy atom. The molecule has 4 heteroatoms. The monoisotopic (exact) mass is 238 g/mol. The molecule has 0 radical (unpaired) electrons. The number of thiophene rings is 1. The van der Waals surface area contributed by atoms with Gasteiger partial charge in [-0.3, -0.25) is 0 Å². The summed E-state index contributed by atoms with van der Waals surface area (Å²) >= 11 is 7.36. The van der Waals surface area contributed by atoms with Crippen molar-refractivity contribution in [1.29, 1.82) is 0 Å². The fourth-order valence-electron chi connectivity index (χ4n) is 1.36. The summed E-state index contributed by atoms with van der Waals surface area (Å²) in [7, 11) is 0. The third kappa shape index (κ3) is 2.31. The smallest absolute Gasteiger partial charge is 0.0931 e. The van der Waals surface area contributed by atoms with Gasteiger partial charge in [0, 0.05) is 10.6 Å². The number of rotatable bonds is 2. The minimum Gasteiger partial charge on any atom is -0.399 e. The summed E-state index contributed by atoms with van der Waals surface area (Å²) in [6.45, 7) is 0. The fraction of sp³-hybridized carbons (Fsp3) is 0.0909. The lowest BCUT2D eigenvalue weighted by molar-refractivity contribution is 0.894. The summed E-state index contributed by atoms with van der Waals surface area (Å²) in [5.74, 6) is 0. The summed E-state index contributed by atoms with van der Waals surface area (Å²) in [4.78, 5) is 1.06. The van der Waals surface area contributed by atoms with Gasteiger partial charge >= 0.3 is 0 Å². The molecule has 0 aliphatic carbocycles. The predicted molar refractivity (Wildman–Crippen MR) is 66.2 cm³/mol. The molecule has 1 atom stereocenters. The Hall–Kier alpha value is -1.03. The lowest BCUT2D eigenvalue weighted by Gasteiger charge is -2.09. The number of anilines is 1. The first-order valence-electron chi connectivity index (χ1n) is 4.53. The quantitative estimate of drug-likeness (QED) is 0.791. The van der Waals surface area contributed by atoms with Gasteiger partial charge in [-0.05, 0) is 29.8 Å². The number of halogens is 1. The Morgan fingerprint density at radius 2 is 1.73 bits per heavy atom. The lowest BCUT2D eigenvalue weighted by atomic mass is 10.1. The van der Waals surface area contributed by atoms with Crippen molar-refractivity contribution in [3.05, 3.63) is 51.2 Å². The van der Waals surface area contributed by atoms with Gasteiger partial charge in [0.25, 0.3) is 0 Å². The highest BCUT2D eigenvalue weighted by molar-refractivity contribution is 7.16. The van der Waals surface area contributed by atoms with Crippen molar-refractivity contribution in [1.82, 2.24) is 0 Å². The zero-order valence-corrected chi connectivity index (χ0v) is 9.55. The van der Waals surface area contributed by atoms with Crippen molar-refractivity contribution in [3.8, 4) is 0 Å². The summed E-state index contributed by atoms with van der Waals surface area (Å²) in [5.41, 5.74) is 13.5. The largest absolute Gasteiger partial charge is 0.399 e. The molecule has 2 rings (SSSR count). The average Bonchev–Trinajstić information content (AvgIpc) is 2.65. The second-order valence-electron chi connectivity index (χ2n) is 3.29. The van der Waals surface area contributed by atoms with E-state index in [1.807, 2.05) is 36.4 Å².